The first-order valence-electron chi connectivity index (χ1n) is 6.24. The average Bonchev–Trinajstić information content (AvgIpc) is 2.71. The number of nitrogens with one attached hydrogen (secondary N) is 1. The summed E-state index contributed by atoms with van der Waals surface area (Å²) in [5.74, 6) is 0. The van der Waals surface area contributed by atoms with Crippen molar-refractivity contribution < 1.29 is 0 Å². The molecule has 0 saturated heterocycles. The Hall–Kier alpha value is -2.22. The normalized spacial score (nSPS) is 23.3. The molecule has 0 bridgehead atoms. The molecule has 0 amide bonds. The minimum Gasteiger partial charge on any atom is -0.362 e. The molecule has 0 fully saturated rings. The zero-order valence-corrected chi connectivity index (χ0v) is 10.2. The summed E-state index contributed by atoms with van der Waals surface area (Å²) in [6, 6.07) is 8.81. The first kappa shape index (κ1) is 9.77. The molecular weight excluding hydrogens is 220 g/mol. The predicted octanol–water partition coefficient (Wildman–Crippen LogP) is 3.15. The third-order valence-corrected chi connectivity index (χ3v) is 3.85. The van der Waals surface area contributed by atoms with Gasteiger partial charge in [0.05, 0.1) is 17.4 Å². The van der Waals surface area contributed by atoms with Crippen LogP contribution in [0.2, 0.25) is 0 Å². The molecule has 2 heterocycles. The number of hydrogen-bond acceptors (Lipinski definition) is 2. The number of rotatable bonds is 0. The van der Waals surface area contributed by atoms with Gasteiger partial charge in [-0.05, 0) is 12.1 Å². The fraction of sp³-hybridized carbons (Fsp3) is 0.125. The van der Waals surface area contributed by atoms with Crippen LogP contribution in [0.3, 0.4) is 0 Å². The van der Waals surface area contributed by atoms with Crippen LogP contribution in [0, 0.1) is 0 Å². The third kappa shape index (κ3) is 1.17. The quantitative estimate of drug-likeness (QED) is 0.742. The molecule has 2 aliphatic heterocycles. The Kier molecular flexibility index (Phi) is 1.84. The molecule has 1 N–H and O–H groups in total. The van der Waals surface area contributed by atoms with Gasteiger partial charge in [0, 0.05) is 23.9 Å². The molecule has 1 aromatic carbocycles. The molecule has 0 radical (unpaired) electrons. The predicted molar refractivity (Wildman–Crippen MR) is 74.9 cm³/mol. The summed E-state index contributed by atoms with van der Waals surface area (Å²) in [6.07, 6.45) is 11.0. The number of nitrogens with zero attached hydrogens (tertiary/aromatic N) is 1. The Morgan fingerprint density at radius 1 is 1.17 bits per heavy atom. The molecule has 0 aromatic heterocycles. The highest BCUT2D eigenvalue weighted by molar-refractivity contribution is 5.80. The Bertz CT molecular complexity index is 647. The fourth-order valence-corrected chi connectivity index (χ4v) is 2.90. The first-order valence-corrected chi connectivity index (χ1v) is 6.24. The Labute approximate surface area is 107 Å². The van der Waals surface area contributed by atoms with Crippen LogP contribution >= 0.6 is 0 Å². The molecule has 88 valence electrons. The zero-order chi connectivity index (χ0) is 12.1. The van der Waals surface area contributed by atoms with E-state index in [-0.39, 0.29) is 0 Å². The van der Waals surface area contributed by atoms with Gasteiger partial charge in [-0.2, -0.15) is 0 Å². The number of allylic oxidation sites excluding steroid dienone is 2. The molecule has 4 rings (SSSR count). The Morgan fingerprint density at radius 2 is 2.06 bits per heavy atom. The molecule has 3 aliphatic rings. The van der Waals surface area contributed by atoms with E-state index in [2.05, 4.69) is 71.9 Å². The summed E-state index contributed by atoms with van der Waals surface area (Å²) in [6.45, 7) is 0. The maximum atomic E-state index is 3.57. The minimum atomic E-state index is 0.373. The van der Waals surface area contributed by atoms with Crippen LogP contribution in [-0.2, 0) is 0 Å². The molecule has 2 nitrogen and oxygen atoms in total. The highest BCUT2D eigenvalue weighted by atomic mass is 15.2. The van der Waals surface area contributed by atoms with Crippen molar-refractivity contribution in [1.82, 2.24) is 4.90 Å². The molecule has 0 saturated carbocycles. The van der Waals surface area contributed by atoms with E-state index in [4.69, 9.17) is 0 Å². The van der Waals surface area contributed by atoms with Crippen molar-refractivity contribution in [3.8, 4) is 0 Å². The molecule has 0 spiro atoms. The summed E-state index contributed by atoms with van der Waals surface area (Å²) in [5, 5.41) is 3.57. The standard InChI is InChI=1S/C16H14N2/c1-18-14-9-5-3-7-12(14)16-15(18)10-11-6-2-4-8-13(11)17-16/h2-10,14,17H,1H3. The molecule has 1 aliphatic carbocycles. The molecule has 2 heteroatoms. The van der Waals surface area contributed by atoms with Crippen molar-refractivity contribution in [1.29, 1.82) is 0 Å². The summed E-state index contributed by atoms with van der Waals surface area (Å²) >= 11 is 0. The summed E-state index contributed by atoms with van der Waals surface area (Å²) in [7, 11) is 2.16. The smallest absolute Gasteiger partial charge is 0.0748 e. The van der Waals surface area contributed by atoms with Crippen LogP contribution in [0.4, 0.5) is 5.69 Å². The highest BCUT2D eigenvalue weighted by Crippen LogP contribution is 2.40. The third-order valence-electron chi connectivity index (χ3n) is 3.85. The van der Waals surface area contributed by atoms with E-state index < -0.39 is 0 Å². The molecule has 18 heavy (non-hydrogen) atoms. The lowest BCUT2D eigenvalue weighted by Crippen LogP contribution is -2.25. The molecular formula is C16H14N2. The van der Waals surface area contributed by atoms with Gasteiger partial charge in [0.2, 0.25) is 0 Å². The number of para-hydroxylation sites is 1. The van der Waals surface area contributed by atoms with E-state index >= 15 is 0 Å². The second kappa shape index (κ2) is 3.39. The topological polar surface area (TPSA) is 15.3 Å². The monoisotopic (exact) mass is 234 g/mol. The van der Waals surface area contributed by atoms with Gasteiger partial charge >= 0.3 is 0 Å². The van der Waals surface area contributed by atoms with E-state index in [0.717, 1.165) is 0 Å². The van der Waals surface area contributed by atoms with Gasteiger partial charge in [0.1, 0.15) is 0 Å². The van der Waals surface area contributed by atoms with E-state index in [9.17, 15) is 0 Å². The van der Waals surface area contributed by atoms with Crippen molar-refractivity contribution in [3.63, 3.8) is 0 Å². The van der Waals surface area contributed by atoms with Gasteiger partial charge in [-0.15, -0.1) is 0 Å². The highest BCUT2D eigenvalue weighted by Gasteiger charge is 2.33. The zero-order valence-electron chi connectivity index (χ0n) is 10.2. The summed E-state index contributed by atoms with van der Waals surface area (Å²) < 4.78 is 0. The second-order valence-corrected chi connectivity index (χ2v) is 4.87. The van der Waals surface area contributed by atoms with Crippen LogP contribution in [0.1, 0.15) is 5.56 Å². The first-order chi connectivity index (χ1) is 8.84. The van der Waals surface area contributed by atoms with Gasteiger partial charge in [-0.25, -0.2) is 0 Å². The number of fused-ring (bicyclic) bond motifs is 3. The number of benzene rings is 1. The Balaban J connectivity index is 1.93. The second-order valence-electron chi connectivity index (χ2n) is 4.87. The Morgan fingerprint density at radius 3 is 3.00 bits per heavy atom. The van der Waals surface area contributed by atoms with Gasteiger partial charge < -0.3 is 10.2 Å². The fourth-order valence-electron chi connectivity index (χ4n) is 2.90. The molecule has 1 aromatic rings. The summed E-state index contributed by atoms with van der Waals surface area (Å²) in [5.41, 5.74) is 6.35. The van der Waals surface area contributed by atoms with E-state index in [0.29, 0.717) is 6.04 Å². The van der Waals surface area contributed by atoms with E-state index in [1.54, 1.807) is 0 Å². The van der Waals surface area contributed by atoms with Crippen molar-refractivity contribution in [2.75, 3.05) is 12.4 Å². The minimum absolute atomic E-state index is 0.373. The van der Waals surface area contributed by atoms with Gasteiger partial charge in [-0.3, -0.25) is 0 Å². The number of likely N-dealkylation sites (N-methyl/N-ethyl adjacent to an activating group) is 1. The SMILES string of the molecule is CN1C2=Cc3ccccc3NC2=C2C=CC=CC21. The maximum Gasteiger partial charge on any atom is 0.0748 e. The molecule has 1 unspecified atom stereocenters. The van der Waals surface area contributed by atoms with Gasteiger partial charge in [0.15, 0.2) is 0 Å². The lowest BCUT2D eigenvalue weighted by molar-refractivity contribution is 0.427. The van der Waals surface area contributed by atoms with Gasteiger partial charge in [-0.1, -0.05) is 42.5 Å². The van der Waals surface area contributed by atoms with Gasteiger partial charge in [0.25, 0.3) is 0 Å². The maximum absolute atomic E-state index is 3.57. The number of anilines is 1. The van der Waals surface area contributed by atoms with Crippen LogP contribution < -0.4 is 5.32 Å². The summed E-state index contributed by atoms with van der Waals surface area (Å²) in [4.78, 5) is 2.33. The average molecular weight is 234 g/mol. The van der Waals surface area contributed by atoms with Crippen LogP contribution in [0.25, 0.3) is 6.08 Å². The lowest BCUT2D eigenvalue weighted by Gasteiger charge is -2.25. The van der Waals surface area contributed by atoms with Crippen LogP contribution in [-0.4, -0.2) is 18.0 Å². The lowest BCUT2D eigenvalue weighted by atomic mass is 10.0. The number of hydrogen-bond donors (Lipinski definition) is 1. The van der Waals surface area contributed by atoms with E-state index in [1.165, 1.54) is 28.2 Å². The van der Waals surface area contributed by atoms with Crippen LogP contribution in [0.15, 0.2) is 65.5 Å². The largest absolute Gasteiger partial charge is 0.362 e. The van der Waals surface area contributed by atoms with Crippen molar-refractivity contribution >= 4 is 11.8 Å². The van der Waals surface area contributed by atoms with Crippen molar-refractivity contribution in [3.05, 3.63) is 71.1 Å². The van der Waals surface area contributed by atoms with Crippen molar-refractivity contribution in [2.24, 2.45) is 0 Å². The van der Waals surface area contributed by atoms with Crippen LogP contribution in [0.5, 0.6) is 0 Å². The van der Waals surface area contributed by atoms with Crippen molar-refractivity contribution in [2.45, 2.75) is 6.04 Å². The van der Waals surface area contributed by atoms with E-state index in [1.807, 2.05) is 0 Å². The molecule has 1 atom stereocenters.